The number of nitrogens with zero attached hydrogens (tertiary/aromatic N) is 2. The summed E-state index contributed by atoms with van der Waals surface area (Å²) in [6, 6.07) is 8.67. The first-order valence-electron chi connectivity index (χ1n) is 12.0. The molecule has 1 aliphatic carbocycles. The SMILES string of the molecule is CCOc1ccc(C2C3=C(OC4CC(C)C(Cl)CC4C3=O)C(=O)N2Cc2cccnc2)cc1OC. The van der Waals surface area contributed by atoms with E-state index in [1.807, 2.05) is 37.3 Å². The number of amides is 1. The van der Waals surface area contributed by atoms with Crippen molar-refractivity contribution in [3.05, 3.63) is 65.2 Å². The fourth-order valence-corrected chi connectivity index (χ4v) is 5.69. The summed E-state index contributed by atoms with van der Waals surface area (Å²) in [5.74, 6) is 0.837. The molecular weight excluding hydrogens is 468 g/mol. The van der Waals surface area contributed by atoms with Crippen molar-refractivity contribution in [2.45, 2.75) is 50.8 Å². The van der Waals surface area contributed by atoms with E-state index in [1.165, 1.54) is 0 Å². The van der Waals surface area contributed by atoms with Gasteiger partial charge in [-0.25, -0.2) is 0 Å². The monoisotopic (exact) mass is 496 g/mol. The van der Waals surface area contributed by atoms with Crippen molar-refractivity contribution in [3.8, 4) is 11.5 Å². The molecule has 35 heavy (non-hydrogen) atoms. The van der Waals surface area contributed by atoms with Crippen LogP contribution in [0.5, 0.6) is 11.5 Å². The molecule has 7 nitrogen and oxygen atoms in total. The third-order valence-corrected chi connectivity index (χ3v) is 7.79. The molecule has 1 fully saturated rings. The molecule has 0 saturated heterocycles. The number of benzene rings is 1. The highest BCUT2D eigenvalue weighted by Gasteiger charge is 2.53. The van der Waals surface area contributed by atoms with E-state index in [4.69, 9.17) is 25.8 Å². The maximum atomic E-state index is 13.9. The summed E-state index contributed by atoms with van der Waals surface area (Å²) < 4.78 is 17.5. The Labute approximate surface area is 210 Å². The molecular formula is C27H29ClN2O5. The topological polar surface area (TPSA) is 78.0 Å². The van der Waals surface area contributed by atoms with Gasteiger partial charge in [-0.2, -0.15) is 0 Å². The highest BCUT2D eigenvalue weighted by atomic mass is 35.5. The summed E-state index contributed by atoms with van der Waals surface area (Å²) in [5.41, 5.74) is 2.03. The first-order chi connectivity index (χ1) is 16.9. The number of aromatic nitrogens is 1. The minimum absolute atomic E-state index is 0.0475. The van der Waals surface area contributed by atoms with E-state index in [0.29, 0.717) is 43.1 Å². The van der Waals surface area contributed by atoms with Crippen molar-refractivity contribution in [3.63, 3.8) is 0 Å². The average Bonchev–Trinajstić information content (AvgIpc) is 3.13. The summed E-state index contributed by atoms with van der Waals surface area (Å²) in [6.07, 6.45) is 4.28. The number of ketones is 1. The molecule has 0 spiro atoms. The molecule has 1 aromatic carbocycles. The van der Waals surface area contributed by atoms with Gasteiger partial charge in [0.15, 0.2) is 23.0 Å². The Morgan fingerprint density at radius 1 is 1.20 bits per heavy atom. The molecule has 2 aliphatic heterocycles. The lowest BCUT2D eigenvalue weighted by Crippen LogP contribution is -2.44. The first kappa shape index (κ1) is 23.7. The van der Waals surface area contributed by atoms with Crippen LogP contribution in [-0.2, 0) is 20.9 Å². The minimum Gasteiger partial charge on any atom is -0.493 e. The lowest BCUT2D eigenvalue weighted by Gasteiger charge is -2.40. The maximum Gasteiger partial charge on any atom is 0.290 e. The number of carbonyl (C=O) groups is 2. The molecule has 0 bridgehead atoms. The van der Waals surface area contributed by atoms with Crippen LogP contribution in [0.15, 0.2) is 54.1 Å². The van der Waals surface area contributed by atoms with Gasteiger partial charge < -0.3 is 19.1 Å². The van der Waals surface area contributed by atoms with Gasteiger partial charge in [-0.05, 0) is 55.0 Å². The Balaban J connectivity index is 1.59. The standard InChI is InChI=1S/C27H29ClN2O5/c1-4-34-20-8-7-17(11-22(20)33-3)24-23-25(31)18-12-19(28)15(2)10-21(18)35-26(23)27(32)30(24)14-16-6-5-9-29-13-16/h5-9,11,13,15,18-19,21,24H,4,10,12,14H2,1-3H3. The molecule has 1 saturated carbocycles. The predicted octanol–water partition coefficient (Wildman–Crippen LogP) is 4.45. The third-order valence-electron chi connectivity index (χ3n) is 7.18. The Hall–Kier alpha value is -3.06. The Kier molecular flexibility index (Phi) is 6.45. The zero-order valence-electron chi connectivity index (χ0n) is 20.1. The maximum absolute atomic E-state index is 13.9. The molecule has 3 heterocycles. The largest absolute Gasteiger partial charge is 0.493 e. The second-order valence-corrected chi connectivity index (χ2v) is 9.94. The Morgan fingerprint density at radius 2 is 2.03 bits per heavy atom. The predicted molar refractivity (Wildman–Crippen MR) is 130 cm³/mol. The van der Waals surface area contributed by atoms with Crippen LogP contribution in [0.2, 0.25) is 0 Å². The minimum atomic E-state index is -0.608. The van der Waals surface area contributed by atoms with Gasteiger partial charge in [0.1, 0.15) is 6.10 Å². The van der Waals surface area contributed by atoms with Crippen LogP contribution in [0.1, 0.15) is 43.9 Å². The van der Waals surface area contributed by atoms with Crippen LogP contribution in [-0.4, -0.2) is 46.8 Å². The van der Waals surface area contributed by atoms with Gasteiger partial charge in [-0.15, -0.1) is 11.6 Å². The summed E-state index contributed by atoms with van der Waals surface area (Å²) in [5, 5.41) is -0.0985. The Bertz CT molecular complexity index is 1170. The highest BCUT2D eigenvalue weighted by molar-refractivity contribution is 6.21. The van der Waals surface area contributed by atoms with Crippen molar-refractivity contribution < 1.29 is 23.8 Å². The zero-order valence-corrected chi connectivity index (χ0v) is 20.8. The number of ether oxygens (including phenoxy) is 3. The number of carbonyl (C=O) groups excluding carboxylic acids is 2. The molecule has 1 aromatic heterocycles. The van der Waals surface area contributed by atoms with E-state index in [9.17, 15) is 9.59 Å². The van der Waals surface area contributed by atoms with Crippen molar-refractivity contribution >= 4 is 23.3 Å². The van der Waals surface area contributed by atoms with Crippen LogP contribution in [0, 0.1) is 11.8 Å². The molecule has 184 valence electrons. The van der Waals surface area contributed by atoms with Crippen LogP contribution in [0.3, 0.4) is 0 Å². The van der Waals surface area contributed by atoms with E-state index >= 15 is 0 Å². The van der Waals surface area contributed by atoms with Crippen LogP contribution in [0.4, 0.5) is 0 Å². The van der Waals surface area contributed by atoms with Crippen molar-refractivity contribution in [2.24, 2.45) is 11.8 Å². The fourth-order valence-electron chi connectivity index (χ4n) is 5.39. The van der Waals surface area contributed by atoms with Crippen LogP contribution >= 0.6 is 11.6 Å². The zero-order chi connectivity index (χ0) is 24.7. The van der Waals surface area contributed by atoms with Gasteiger partial charge in [0.05, 0.1) is 31.2 Å². The number of Topliss-reactive ketones (excluding diaryl/α,β-unsaturated/α-hetero) is 1. The van der Waals surface area contributed by atoms with Crippen molar-refractivity contribution in [2.75, 3.05) is 13.7 Å². The number of fused-ring (bicyclic) bond motifs is 1. The first-order valence-corrected chi connectivity index (χ1v) is 12.5. The van der Waals surface area contributed by atoms with Gasteiger partial charge in [-0.1, -0.05) is 19.1 Å². The quantitative estimate of drug-likeness (QED) is 0.550. The van der Waals surface area contributed by atoms with Gasteiger partial charge in [0.2, 0.25) is 0 Å². The molecule has 5 atom stereocenters. The number of halogens is 1. The summed E-state index contributed by atoms with van der Waals surface area (Å²) in [4.78, 5) is 33.5. The Morgan fingerprint density at radius 3 is 2.74 bits per heavy atom. The van der Waals surface area contributed by atoms with Crippen molar-refractivity contribution in [1.82, 2.24) is 9.88 Å². The highest BCUT2D eigenvalue weighted by Crippen LogP contribution is 2.49. The molecule has 3 aliphatic rings. The van der Waals surface area contributed by atoms with Gasteiger partial charge in [0, 0.05) is 24.3 Å². The van der Waals surface area contributed by atoms with Gasteiger partial charge >= 0.3 is 0 Å². The molecule has 0 radical (unpaired) electrons. The second-order valence-electron chi connectivity index (χ2n) is 9.37. The molecule has 2 aromatic rings. The molecule has 1 amide bonds. The van der Waals surface area contributed by atoms with Crippen molar-refractivity contribution in [1.29, 1.82) is 0 Å². The van der Waals surface area contributed by atoms with E-state index in [1.54, 1.807) is 24.4 Å². The smallest absolute Gasteiger partial charge is 0.290 e. The second kappa shape index (κ2) is 9.53. The van der Waals surface area contributed by atoms with Crippen LogP contribution < -0.4 is 9.47 Å². The van der Waals surface area contributed by atoms with Gasteiger partial charge in [-0.3, -0.25) is 14.6 Å². The number of pyridine rings is 1. The lowest BCUT2D eigenvalue weighted by molar-refractivity contribution is -0.136. The average molecular weight is 497 g/mol. The van der Waals surface area contributed by atoms with E-state index in [0.717, 1.165) is 11.1 Å². The van der Waals surface area contributed by atoms with Gasteiger partial charge in [0.25, 0.3) is 5.91 Å². The number of hydrogen-bond donors (Lipinski definition) is 0. The summed E-state index contributed by atoms with van der Waals surface area (Å²) in [6.45, 7) is 4.75. The fraction of sp³-hybridized carbons (Fsp3) is 0.444. The molecule has 5 rings (SSSR count). The molecule has 0 N–H and O–H groups in total. The summed E-state index contributed by atoms with van der Waals surface area (Å²) >= 11 is 6.56. The number of methoxy groups -OCH3 is 1. The van der Waals surface area contributed by atoms with E-state index in [-0.39, 0.29) is 40.8 Å². The van der Waals surface area contributed by atoms with E-state index < -0.39 is 6.04 Å². The number of alkyl halides is 1. The molecule has 5 unspecified atom stereocenters. The summed E-state index contributed by atoms with van der Waals surface area (Å²) in [7, 11) is 1.57. The lowest BCUT2D eigenvalue weighted by atomic mass is 9.74. The number of rotatable bonds is 6. The number of hydrogen-bond acceptors (Lipinski definition) is 6. The van der Waals surface area contributed by atoms with E-state index in [2.05, 4.69) is 11.9 Å². The normalized spacial score (nSPS) is 27.9. The molecule has 8 heteroatoms. The third kappa shape index (κ3) is 4.16. The van der Waals surface area contributed by atoms with Crippen LogP contribution in [0.25, 0.3) is 0 Å².